The maximum atomic E-state index is 5.93. The minimum atomic E-state index is -0.0411. The summed E-state index contributed by atoms with van der Waals surface area (Å²) in [5, 5.41) is 0. The summed E-state index contributed by atoms with van der Waals surface area (Å²) < 4.78 is 0. The van der Waals surface area contributed by atoms with E-state index in [0.29, 0.717) is 0 Å². The number of halogens is 1. The largest absolute Gasteiger partial charge is 0.321 e. The van der Waals surface area contributed by atoms with Crippen LogP contribution in [0.15, 0.2) is 24.8 Å². The molecule has 1 aromatic rings. The van der Waals surface area contributed by atoms with Crippen LogP contribution in [0.1, 0.15) is 28.3 Å². The molecule has 2 N–H and O–H groups in total. The fourth-order valence-electron chi connectivity index (χ4n) is 1.83. The van der Waals surface area contributed by atoms with Crippen molar-refractivity contribution in [2.24, 2.45) is 5.73 Å². The minimum absolute atomic E-state index is 0. The SMILES string of the molecule is C=C[C@H](N)c1c(C)cc(C)cc1C.Cl. The van der Waals surface area contributed by atoms with Gasteiger partial charge >= 0.3 is 0 Å². The van der Waals surface area contributed by atoms with Crippen LogP contribution in [0.2, 0.25) is 0 Å². The summed E-state index contributed by atoms with van der Waals surface area (Å²) in [6.07, 6.45) is 1.78. The van der Waals surface area contributed by atoms with Gasteiger partial charge in [0.2, 0.25) is 0 Å². The quantitative estimate of drug-likeness (QED) is 0.747. The number of nitrogens with two attached hydrogens (primary N) is 1. The van der Waals surface area contributed by atoms with Crippen molar-refractivity contribution in [2.45, 2.75) is 26.8 Å². The third kappa shape index (κ3) is 2.60. The zero-order valence-corrected chi connectivity index (χ0v) is 9.82. The first-order valence-corrected chi connectivity index (χ1v) is 4.52. The predicted octanol–water partition coefficient (Wildman–Crippen LogP) is 3.22. The van der Waals surface area contributed by atoms with Crippen LogP contribution in [0.25, 0.3) is 0 Å². The summed E-state index contributed by atoms with van der Waals surface area (Å²) >= 11 is 0. The molecule has 14 heavy (non-hydrogen) atoms. The molecule has 0 aliphatic carbocycles. The fourth-order valence-corrected chi connectivity index (χ4v) is 1.83. The number of benzene rings is 1. The summed E-state index contributed by atoms with van der Waals surface area (Å²) in [6, 6.07) is 4.28. The third-order valence-corrected chi connectivity index (χ3v) is 2.33. The van der Waals surface area contributed by atoms with Gasteiger partial charge in [-0.3, -0.25) is 0 Å². The summed E-state index contributed by atoms with van der Waals surface area (Å²) in [6.45, 7) is 10.0. The highest BCUT2D eigenvalue weighted by Gasteiger charge is 2.08. The lowest BCUT2D eigenvalue weighted by Crippen LogP contribution is -2.10. The van der Waals surface area contributed by atoms with Crippen molar-refractivity contribution in [1.29, 1.82) is 0 Å². The number of aryl methyl sites for hydroxylation is 3. The van der Waals surface area contributed by atoms with E-state index in [9.17, 15) is 0 Å². The molecule has 1 atom stereocenters. The van der Waals surface area contributed by atoms with Crippen LogP contribution in [0, 0.1) is 20.8 Å². The van der Waals surface area contributed by atoms with Crippen LogP contribution in [0.4, 0.5) is 0 Å². The highest BCUT2D eigenvalue weighted by molar-refractivity contribution is 5.85. The summed E-state index contributed by atoms with van der Waals surface area (Å²) in [5.74, 6) is 0. The van der Waals surface area contributed by atoms with Crippen LogP contribution in [-0.4, -0.2) is 0 Å². The minimum Gasteiger partial charge on any atom is -0.321 e. The molecule has 1 nitrogen and oxygen atoms in total. The second kappa shape index (κ2) is 5.18. The lowest BCUT2D eigenvalue weighted by Gasteiger charge is -2.14. The first-order chi connectivity index (χ1) is 6.06. The lowest BCUT2D eigenvalue weighted by molar-refractivity contribution is 0.888. The third-order valence-electron chi connectivity index (χ3n) is 2.33. The Labute approximate surface area is 92.4 Å². The fraction of sp³-hybridized carbons (Fsp3) is 0.333. The zero-order valence-electron chi connectivity index (χ0n) is 9.00. The Kier molecular flexibility index (Phi) is 4.89. The molecule has 0 saturated heterocycles. The Bertz CT molecular complexity index is 308. The second-order valence-corrected chi connectivity index (χ2v) is 3.57. The van der Waals surface area contributed by atoms with Crippen molar-refractivity contribution in [3.05, 3.63) is 47.0 Å². The van der Waals surface area contributed by atoms with Crippen molar-refractivity contribution in [3.8, 4) is 0 Å². The number of hydrogen-bond acceptors (Lipinski definition) is 1. The van der Waals surface area contributed by atoms with E-state index in [-0.39, 0.29) is 18.4 Å². The molecule has 2 heteroatoms. The van der Waals surface area contributed by atoms with Crippen molar-refractivity contribution in [3.63, 3.8) is 0 Å². The molecule has 0 heterocycles. The van der Waals surface area contributed by atoms with Crippen LogP contribution in [-0.2, 0) is 0 Å². The molecule has 0 radical (unpaired) electrons. The summed E-state index contributed by atoms with van der Waals surface area (Å²) in [7, 11) is 0. The van der Waals surface area contributed by atoms with Crippen LogP contribution < -0.4 is 5.73 Å². The average molecular weight is 212 g/mol. The van der Waals surface area contributed by atoms with Gasteiger partial charge in [0.15, 0.2) is 0 Å². The van der Waals surface area contributed by atoms with Gasteiger partial charge in [-0.1, -0.05) is 23.8 Å². The van der Waals surface area contributed by atoms with Crippen LogP contribution in [0.3, 0.4) is 0 Å². The average Bonchev–Trinajstić information content (AvgIpc) is 2.02. The van der Waals surface area contributed by atoms with E-state index in [1.165, 1.54) is 22.3 Å². The van der Waals surface area contributed by atoms with Gasteiger partial charge in [-0.05, 0) is 37.5 Å². The number of hydrogen-bond donors (Lipinski definition) is 1. The normalized spacial score (nSPS) is 11.7. The molecule has 1 rings (SSSR count). The Hall–Kier alpha value is -0.790. The molecule has 0 aliphatic heterocycles. The second-order valence-electron chi connectivity index (χ2n) is 3.57. The van der Waals surface area contributed by atoms with Crippen molar-refractivity contribution >= 4 is 12.4 Å². The zero-order chi connectivity index (χ0) is 10.0. The topological polar surface area (TPSA) is 26.0 Å². The standard InChI is InChI=1S/C12H17N.ClH/c1-5-11(13)12-9(3)6-8(2)7-10(12)4;/h5-7,11H,1,13H2,2-4H3;1H/t11-;/m0./s1. The van der Waals surface area contributed by atoms with Crippen LogP contribution >= 0.6 is 12.4 Å². The van der Waals surface area contributed by atoms with Gasteiger partial charge in [0.1, 0.15) is 0 Å². The molecule has 0 unspecified atom stereocenters. The van der Waals surface area contributed by atoms with E-state index in [1.54, 1.807) is 6.08 Å². The molecule has 0 aromatic heterocycles. The molecular weight excluding hydrogens is 194 g/mol. The van der Waals surface area contributed by atoms with Crippen molar-refractivity contribution in [2.75, 3.05) is 0 Å². The Morgan fingerprint density at radius 1 is 1.21 bits per heavy atom. The van der Waals surface area contributed by atoms with E-state index in [4.69, 9.17) is 5.73 Å². The Morgan fingerprint density at radius 2 is 1.64 bits per heavy atom. The molecular formula is C12H18ClN. The molecule has 1 aromatic carbocycles. The van der Waals surface area contributed by atoms with Gasteiger partial charge in [-0.15, -0.1) is 19.0 Å². The van der Waals surface area contributed by atoms with Gasteiger partial charge in [-0.2, -0.15) is 0 Å². The molecule has 0 bridgehead atoms. The van der Waals surface area contributed by atoms with Crippen LogP contribution in [0.5, 0.6) is 0 Å². The number of rotatable bonds is 2. The van der Waals surface area contributed by atoms with Gasteiger partial charge in [0.05, 0.1) is 0 Å². The molecule has 0 saturated carbocycles. The highest BCUT2D eigenvalue weighted by Crippen LogP contribution is 2.22. The summed E-state index contributed by atoms with van der Waals surface area (Å²) in [5.41, 5.74) is 10.9. The maximum absolute atomic E-state index is 5.93. The van der Waals surface area contributed by atoms with Gasteiger partial charge in [0.25, 0.3) is 0 Å². The lowest BCUT2D eigenvalue weighted by atomic mass is 9.94. The smallest absolute Gasteiger partial charge is 0.0483 e. The van der Waals surface area contributed by atoms with Crippen molar-refractivity contribution in [1.82, 2.24) is 0 Å². The Balaban J connectivity index is 0.00000169. The molecule has 0 fully saturated rings. The first-order valence-electron chi connectivity index (χ1n) is 4.52. The van der Waals surface area contributed by atoms with Gasteiger partial charge in [-0.25, -0.2) is 0 Å². The van der Waals surface area contributed by atoms with E-state index >= 15 is 0 Å². The van der Waals surface area contributed by atoms with E-state index in [0.717, 1.165) is 0 Å². The Morgan fingerprint density at radius 3 is 2.00 bits per heavy atom. The molecule has 78 valence electrons. The predicted molar refractivity (Wildman–Crippen MR) is 65.0 cm³/mol. The molecule has 0 aliphatic rings. The monoisotopic (exact) mass is 211 g/mol. The van der Waals surface area contributed by atoms with E-state index < -0.39 is 0 Å². The maximum Gasteiger partial charge on any atom is 0.0483 e. The van der Waals surface area contributed by atoms with Gasteiger partial charge < -0.3 is 5.73 Å². The first kappa shape index (κ1) is 13.2. The highest BCUT2D eigenvalue weighted by atomic mass is 35.5. The van der Waals surface area contributed by atoms with E-state index in [2.05, 4.69) is 39.5 Å². The van der Waals surface area contributed by atoms with Gasteiger partial charge in [0, 0.05) is 6.04 Å². The summed E-state index contributed by atoms with van der Waals surface area (Å²) in [4.78, 5) is 0. The molecule has 0 spiro atoms. The van der Waals surface area contributed by atoms with E-state index in [1.807, 2.05) is 0 Å². The molecule has 0 amide bonds. The van der Waals surface area contributed by atoms with Crippen molar-refractivity contribution < 1.29 is 0 Å².